The molecule has 1 aromatic carbocycles. The number of carbonyl (C=O) groups is 1. The van der Waals surface area contributed by atoms with E-state index >= 15 is 0 Å². The summed E-state index contributed by atoms with van der Waals surface area (Å²) in [7, 11) is 0. The molecule has 0 radical (unpaired) electrons. The van der Waals surface area contributed by atoms with E-state index in [-0.39, 0.29) is 16.9 Å². The van der Waals surface area contributed by atoms with Gasteiger partial charge in [-0.25, -0.2) is 14.5 Å². The molecule has 0 aliphatic carbocycles. The first-order chi connectivity index (χ1) is 14.8. The number of hydrogen-bond donors (Lipinski definition) is 1. The summed E-state index contributed by atoms with van der Waals surface area (Å²) in [4.78, 5) is 20.9. The molecule has 0 saturated heterocycles. The van der Waals surface area contributed by atoms with Crippen LogP contribution < -0.4 is 5.32 Å². The summed E-state index contributed by atoms with van der Waals surface area (Å²) >= 11 is 3.30. The lowest BCUT2D eigenvalue weighted by Gasteiger charge is -2.12. The van der Waals surface area contributed by atoms with Crippen LogP contribution >= 0.6 is 15.9 Å². The van der Waals surface area contributed by atoms with Gasteiger partial charge in [0.1, 0.15) is 5.56 Å². The quantitative estimate of drug-likeness (QED) is 0.409. The summed E-state index contributed by atoms with van der Waals surface area (Å²) < 4.78 is 44.3. The smallest absolute Gasteiger partial charge is 0.352 e. The third-order valence-electron chi connectivity index (χ3n) is 4.58. The lowest BCUT2D eigenvalue weighted by atomic mass is 10.1. The number of carbonyl (C=O) groups excluding carboxylic acids is 1. The highest BCUT2D eigenvalue weighted by atomic mass is 79.9. The minimum atomic E-state index is -4.67. The zero-order valence-corrected chi connectivity index (χ0v) is 17.6. The standard InChI is InChI=1S/C20H16BrF3N6O/c21-14-4-2-13(3-5-14)16-10-17(20(22,23)24)30-18(28-16)15(11-27-30)19(31)26-6-1-8-29-9-7-25-12-29/h2-5,7,9-12H,1,6,8H2,(H,26,31). The van der Waals surface area contributed by atoms with Crippen LogP contribution in [0.1, 0.15) is 22.5 Å². The Bertz CT molecular complexity index is 1200. The second kappa shape index (κ2) is 8.50. The van der Waals surface area contributed by atoms with Gasteiger partial charge in [0, 0.05) is 35.5 Å². The van der Waals surface area contributed by atoms with Gasteiger partial charge in [-0.3, -0.25) is 4.79 Å². The molecule has 0 bridgehead atoms. The summed E-state index contributed by atoms with van der Waals surface area (Å²) in [6.45, 7) is 0.992. The SMILES string of the molecule is O=C(NCCCn1ccnc1)c1cnn2c(C(F)(F)F)cc(-c3ccc(Br)cc3)nc12. The molecular formula is C20H16BrF3N6O. The zero-order chi connectivity index (χ0) is 22.0. The van der Waals surface area contributed by atoms with E-state index in [1.807, 2.05) is 4.57 Å². The van der Waals surface area contributed by atoms with Crippen molar-refractivity contribution in [3.8, 4) is 11.3 Å². The second-order valence-corrected chi connectivity index (χ2v) is 7.65. The van der Waals surface area contributed by atoms with Gasteiger partial charge < -0.3 is 9.88 Å². The minimum absolute atomic E-state index is 0.0212. The van der Waals surface area contributed by atoms with E-state index in [2.05, 4.69) is 36.3 Å². The summed E-state index contributed by atoms with van der Waals surface area (Å²) in [5.41, 5.74) is -0.590. The molecule has 7 nitrogen and oxygen atoms in total. The lowest BCUT2D eigenvalue weighted by molar-refractivity contribution is -0.142. The fourth-order valence-electron chi connectivity index (χ4n) is 3.07. The number of benzene rings is 1. The number of nitrogens with one attached hydrogen (secondary N) is 1. The number of fused-ring (bicyclic) bond motifs is 1. The molecule has 0 unspecified atom stereocenters. The number of alkyl halides is 3. The fraction of sp³-hybridized carbons (Fsp3) is 0.200. The van der Waals surface area contributed by atoms with E-state index in [1.165, 1.54) is 0 Å². The number of rotatable bonds is 6. The molecule has 4 rings (SSSR count). The third-order valence-corrected chi connectivity index (χ3v) is 5.11. The van der Waals surface area contributed by atoms with Gasteiger partial charge in [-0.1, -0.05) is 28.1 Å². The van der Waals surface area contributed by atoms with E-state index in [1.54, 1.807) is 43.0 Å². The first-order valence-electron chi connectivity index (χ1n) is 9.29. The van der Waals surface area contributed by atoms with Crippen LogP contribution in [0, 0.1) is 0 Å². The normalized spacial score (nSPS) is 11.7. The summed E-state index contributed by atoms with van der Waals surface area (Å²) in [5.74, 6) is -0.533. The molecule has 0 atom stereocenters. The summed E-state index contributed by atoms with van der Waals surface area (Å²) in [6.07, 6.45) is 2.19. The Labute approximate surface area is 183 Å². The molecule has 1 amide bonds. The van der Waals surface area contributed by atoms with Gasteiger partial charge in [0.15, 0.2) is 11.3 Å². The molecular weight excluding hydrogens is 477 g/mol. The largest absolute Gasteiger partial charge is 0.433 e. The number of amides is 1. The van der Waals surface area contributed by atoms with E-state index < -0.39 is 17.8 Å². The van der Waals surface area contributed by atoms with Crippen molar-refractivity contribution in [3.63, 3.8) is 0 Å². The molecule has 1 N–H and O–H groups in total. The lowest BCUT2D eigenvalue weighted by Crippen LogP contribution is -2.25. The Balaban J connectivity index is 1.63. The minimum Gasteiger partial charge on any atom is -0.352 e. The van der Waals surface area contributed by atoms with Gasteiger partial charge in [0.25, 0.3) is 5.91 Å². The van der Waals surface area contributed by atoms with Crippen LogP contribution in [0.3, 0.4) is 0 Å². The monoisotopic (exact) mass is 492 g/mol. The van der Waals surface area contributed by atoms with Crippen molar-refractivity contribution in [3.05, 3.63) is 71.0 Å². The molecule has 160 valence electrons. The number of aryl methyl sites for hydroxylation is 1. The van der Waals surface area contributed by atoms with Crippen molar-refractivity contribution < 1.29 is 18.0 Å². The van der Waals surface area contributed by atoms with Gasteiger partial charge in [-0.15, -0.1) is 0 Å². The van der Waals surface area contributed by atoms with E-state index in [4.69, 9.17) is 0 Å². The fourth-order valence-corrected chi connectivity index (χ4v) is 3.34. The van der Waals surface area contributed by atoms with Gasteiger partial charge in [-0.2, -0.15) is 18.3 Å². The zero-order valence-electron chi connectivity index (χ0n) is 16.0. The Morgan fingerprint density at radius 2 is 1.97 bits per heavy atom. The van der Waals surface area contributed by atoms with Crippen molar-refractivity contribution >= 4 is 27.5 Å². The molecule has 3 heterocycles. The summed E-state index contributed by atoms with van der Waals surface area (Å²) in [5, 5.41) is 6.49. The molecule has 4 aromatic rings. The average Bonchev–Trinajstić information content (AvgIpc) is 3.40. The van der Waals surface area contributed by atoms with Crippen LogP contribution in [0.2, 0.25) is 0 Å². The van der Waals surface area contributed by atoms with Gasteiger partial charge in [0.05, 0.1) is 18.2 Å². The number of imidazole rings is 1. The molecule has 0 aliphatic heterocycles. The molecule has 0 aliphatic rings. The maximum absolute atomic E-state index is 13.7. The van der Waals surface area contributed by atoms with Crippen LogP contribution in [0.4, 0.5) is 13.2 Å². The van der Waals surface area contributed by atoms with Gasteiger partial charge in [0.2, 0.25) is 0 Å². The van der Waals surface area contributed by atoms with E-state index in [9.17, 15) is 18.0 Å². The van der Waals surface area contributed by atoms with Crippen molar-refractivity contribution in [1.82, 2.24) is 29.5 Å². The molecule has 3 aromatic heterocycles. The Morgan fingerprint density at radius 1 is 1.19 bits per heavy atom. The molecule has 0 fully saturated rings. The van der Waals surface area contributed by atoms with Crippen LogP contribution in [0.5, 0.6) is 0 Å². The Morgan fingerprint density at radius 3 is 2.65 bits per heavy atom. The highest BCUT2D eigenvalue weighted by molar-refractivity contribution is 9.10. The predicted octanol–water partition coefficient (Wildman–Crippen LogP) is 4.19. The molecule has 0 saturated carbocycles. The first kappa shape index (κ1) is 21.0. The van der Waals surface area contributed by atoms with Crippen LogP contribution in [-0.4, -0.2) is 36.6 Å². The van der Waals surface area contributed by atoms with Crippen LogP contribution in [-0.2, 0) is 12.7 Å². The number of nitrogens with zero attached hydrogens (tertiary/aromatic N) is 5. The first-order valence-corrected chi connectivity index (χ1v) is 10.1. The third kappa shape index (κ3) is 4.61. The van der Waals surface area contributed by atoms with Crippen LogP contribution in [0.15, 0.2) is 59.7 Å². The van der Waals surface area contributed by atoms with Gasteiger partial charge in [-0.05, 0) is 24.6 Å². The predicted molar refractivity (Wildman–Crippen MR) is 110 cm³/mol. The van der Waals surface area contributed by atoms with Crippen molar-refractivity contribution in [2.75, 3.05) is 6.54 Å². The van der Waals surface area contributed by atoms with E-state index in [0.29, 0.717) is 29.6 Å². The Hall–Kier alpha value is -3.21. The highest BCUT2D eigenvalue weighted by Crippen LogP contribution is 2.33. The van der Waals surface area contributed by atoms with Crippen molar-refractivity contribution in [2.24, 2.45) is 0 Å². The van der Waals surface area contributed by atoms with Crippen LogP contribution in [0.25, 0.3) is 16.9 Å². The van der Waals surface area contributed by atoms with E-state index in [0.717, 1.165) is 16.7 Å². The maximum atomic E-state index is 13.7. The average molecular weight is 493 g/mol. The topological polar surface area (TPSA) is 77.1 Å². The number of halogens is 4. The second-order valence-electron chi connectivity index (χ2n) is 6.73. The molecule has 0 spiro atoms. The molecule has 31 heavy (non-hydrogen) atoms. The maximum Gasteiger partial charge on any atom is 0.433 e. The summed E-state index contributed by atoms with van der Waals surface area (Å²) in [6, 6.07) is 7.64. The highest BCUT2D eigenvalue weighted by Gasteiger charge is 2.36. The number of aromatic nitrogens is 5. The van der Waals surface area contributed by atoms with Crippen molar-refractivity contribution in [2.45, 2.75) is 19.1 Å². The molecule has 11 heteroatoms. The van der Waals surface area contributed by atoms with Crippen molar-refractivity contribution in [1.29, 1.82) is 0 Å². The van der Waals surface area contributed by atoms with Gasteiger partial charge >= 0.3 is 6.18 Å². The Kier molecular flexibility index (Phi) is 5.77. The number of hydrogen-bond acceptors (Lipinski definition) is 4.